The van der Waals surface area contributed by atoms with E-state index in [0.29, 0.717) is 17.7 Å². The molecule has 0 aliphatic rings. The first-order valence-corrected chi connectivity index (χ1v) is 10.0. The van der Waals surface area contributed by atoms with Crippen molar-refractivity contribution in [2.45, 2.75) is 40.2 Å². The van der Waals surface area contributed by atoms with Crippen LogP contribution in [0.5, 0.6) is 5.75 Å². The minimum atomic E-state index is -0.859. The average molecular weight is 425 g/mol. The van der Waals surface area contributed by atoms with Crippen LogP contribution in [0.1, 0.15) is 37.0 Å². The van der Waals surface area contributed by atoms with Gasteiger partial charge in [0.2, 0.25) is 0 Å². The number of nitrogens with zero attached hydrogens (tertiary/aromatic N) is 1. The summed E-state index contributed by atoms with van der Waals surface area (Å²) in [5, 5.41) is 9.18. The second-order valence-electron chi connectivity index (χ2n) is 7.17. The van der Waals surface area contributed by atoms with Gasteiger partial charge in [-0.1, -0.05) is 36.8 Å². The van der Waals surface area contributed by atoms with Crippen molar-refractivity contribution in [3.8, 4) is 5.75 Å². The maximum Gasteiger partial charge on any atom is 0.329 e. The number of carbonyl (C=O) groups is 3. The number of amides is 3. The molecule has 0 bridgehead atoms. The molecule has 0 aromatic heterocycles. The van der Waals surface area contributed by atoms with Gasteiger partial charge < -0.3 is 15.4 Å². The third-order valence-corrected chi connectivity index (χ3v) is 4.50. The van der Waals surface area contributed by atoms with Gasteiger partial charge >= 0.3 is 11.8 Å². The number of nitrogens with one attached hydrogen (secondary N) is 3. The number of carbonyl (C=O) groups excluding carboxylic acids is 3. The van der Waals surface area contributed by atoms with Crippen LogP contribution in [0.15, 0.2) is 47.6 Å². The maximum atomic E-state index is 12.3. The van der Waals surface area contributed by atoms with Crippen molar-refractivity contribution in [3.63, 3.8) is 0 Å². The van der Waals surface area contributed by atoms with Crippen molar-refractivity contribution >= 4 is 29.6 Å². The van der Waals surface area contributed by atoms with E-state index in [1.54, 1.807) is 31.2 Å². The number of benzene rings is 2. The molecule has 31 heavy (non-hydrogen) atoms. The van der Waals surface area contributed by atoms with Crippen molar-refractivity contribution in [1.29, 1.82) is 0 Å². The Morgan fingerprint density at radius 1 is 1.10 bits per heavy atom. The van der Waals surface area contributed by atoms with Gasteiger partial charge in [-0.05, 0) is 51.0 Å². The molecule has 0 heterocycles. The van der Waals surface area contributed by atoms with Gasteiger partial charge in [0.05, 0.1) is 6.21 Å². The van der Waals surface area contributed by atoms with Crippen molar-refractivity contribution in [1.82, 2.24) is 10.7 Å². The largest absolute Gasteiger partial charge is 0.483 e. The maximum absolute atomic E-state index is 12.3. The molecule has 2 rings (SSSR count). The third-order valence-electron chi connectivity index (χ3n) is 4.50. The summed E-state index contributed by atoms with van der Waals surface area (Å²) in [5.41, 5.74) is 5.54. The quantitative estimate of drug-likeness (QED) is 0.344. The van der Waals surface area contributed by atoms with Gasteiger partial charge in [-0.25, -0.2) is 5.43 Å². The van der Waals surface area contributed by atoms with E-state index in [4.69, 9.17) is 4.74 Å². The summed E-state index contributed by atoms with van der Waals surface area (Å²) in [5.74, 6) is -1.49. The van der Waals surface area contributed by atoms with E-state index in [9.17, 15) is 14.4 Å². The van der Waals surface area contributed by atoms with Crippen LogP contribution in [0, 0.1) is 13.8 Å². The lowest BCUT2D eigenvalue weighted by Crippen LogP contribution is -2.41. The predicted octanol–water partition coefficient (Wildman–Crippen LogP) is 2.69. The molecule has 2 aromatic carbocycles. The summed E-state index contributed by atoms with van der Waals surface area (Å²) in [6.45, 7) is 7.42. The molecule has 0 aliphatic carbocycles. The highest BCUT2D eigenvalue weighted by atomic mass is 16.5. The number of hydrogen-bond donors (Lipinski definition) is 3. The lowest BCUT2D eigenvalue weighted by Gasteiger charge is -2.11. The second kappa shape index (κ2) is 11.5. The number of anilines is 1. The minimum Gasteiger partial charge on any atom is -0.483 e. The first kappa shape index (κ1) is 23.6. The third kappa shape index (κ3) is 7.58. The van der Waals surface area contributed by atoms with E-state index < -0.39 is 11.8 Å². The highest BCUT2D eigenvalue weighted by Gasteiger charge is 2.14. The Bertz CT molecular complexity index is 972. The Balaban J connectivity index is 1.92. The average Bonchev–Trinajstić information content (AvgIpc) is 2.74. The molecular weight excluding hydrogens is 396 g/mol. The van der Waals surface area contributed by atoms with Crippen molar-refractivity contribution in [2.24, 2.45) is 5.10 Å². The van der Waals surface area contributed by atoms with Crippen LogP contribution in [0.3, 0.4) is 0 Å². The zero-order valence-corrected chi connectivity index (χ0v) is 18.2. The fourth-order valence-corrected chi connectivity index (χ4v) is 2.60. The van der Waals surface area contributed by atoms with Crippen molar-refractivity contribution in [2.75, 3.05) is 11.9 Å². The summed E-state index contributed by atoms with van der Waals surface area (Å²) < 4.78 is 5.61. The number of ether oxygens (including phenoxy) is 1. The van der Waals surface area contributed by atoms with Gasteiger partial charge in [-0.3, -0.25) is 14.4 Å². The predicted molar refractivity (Wildman–Crippen MR) is 120 cm³/mol. The Morgan fingerprint density at radius 3 is 2.55 bits per heavy atom. The molecule has 0 unspecified atom stereocenters. The fraction of sp³-hybridized carbons (Fsp3) is 0.304. The molecule has 2 aromatic rings. The molecule has 3 N–H and O–H groups in total. The van der Waals surface area contributed by atoms with Crippen LogP contribution in [-0.4, -0.2) is 36.6 Å². The Morgan fingerprint density at radius 2 is 1.84 bits per heavy atom. The van der Waals surface area contributed by atoms with E-state index in [-0.39, 0.29) is 18.6 Å². The normalized spacial score (nSPS) is 11.6. The molecule has 3 amide bonds. The Labute approximate surface area is 182 Å². The number of rotatable bonds is 8. The number of hydrazone groups is 1. The van der Waals surface area contributed by atoms with Gasteiger partial charge in [0, 0.05) is 17.3 Å². The molecule has 0 fully saturated rings. The van der Waals surface area contributed by atoms with Crippen LogP contribution < -0.4 is 20.8 Å². The molecule has 0 spiro atoms. The standard InChI is InChI=1S/C23H28N4O4/c1-5-17(4)25-22(29)23(30)27-24-13-18-8-6-7-9-20(18)31-14-21(28)26-19-11-10-15(2)12-16(19)3/h6-13,17H,5,14H2,1-4H3,(H,25,29)(H,26,28)(H,27,30)/b24-13-/t17-/m0/s1. The van der Waals surface area contributed by atoms with Gasteiger partial charge in [0.1, 0.15) is 5.75 Å². The number of para-hydroxylation sites is 1. The number of hydrogen-bond acceptors (Lipinski definition) is 5. The molecule has 164 valence electrons. The van der Waals surface area contributed by atoms with Gasteiger partial charge in [0.25, 0.3) is 5.91 Å². The van der Waals surface area contributed by atoms with Crippen molar-refractivity contribution in [3.05, 3.63) is 59.2 Å². The van der Waals surface area contributed by atoms with Gasteiger partial charge in [-0.15, -0.1) is 0 Å². The highest BCUT2D eigenvalue weighted by Crippen LogP contribution is 2.18. The van der Waals surface area contributed by atoms with E-state index in [1.807, 2.05) is 39.0 Å². The van der Waals surface area contributed by atoms with Crippen LogP contribution in [0.2, 0.25) is 0 Å². The first-order valence-electron chi connectivity index (χ1n) is 10.0. The van der Waals surface area contributed by atoms with Crippen molar-refractivity contribution < 1.29 is 19.1 Å². The molecular formula is C23H28N4O4. The van der Waals surface area contributed by atoms with E-state index in [2.05, 4.69) is 21.2 Å². The summed E-state index contributed by atoms with van der Waals surface area (Å²) in [7, 11) is 0. The topological polar surface area (TPSA) is 109 Å². The summed E-state index contributed by atoms with van der Waals surface area (Å²) in [6.07, 6.45) is 2.07. The Kier molecular flexibility index (Phi) is 8.75. The van der Waals surface area contributed by atoms with E-state index in [1.165, 1.54) is 6.21 Å². The van der Waals surface area contributed by atoms with Gasteiger partial charge in [-0.2, -0.15) is 5.10 Å². The summed E-state index contributed by atoms with van der Waals surface area (Å²) in [4.78, 5) is 35.8. The first-order chi connectivity index (χ1) is 14.8. The molecule has 0 radical (unpaired) electrons. The van der Waals surface area contributed by atoms with Gasteiger partial charge in [0.15, 0.2) is 6.61 Å². The summed E-state index contributed by atoms with van der Waals surface area (Å²) in [6, 6.07) is 12.6. The van der Waals surface area contributed by atoms with Crippen LogP contribution in [-0.2, 0) is 14.4 Å². The zero-order chi connectivity index (χ0) is 22.8. The van der Waals surface area contributed by atoms with Crippen LogP contribution in [0.4, 0.5) is 5.69 Å². The van der Waals surface area contributed by atoms with E-state index in [0.717, 1.165) is 16.8 Å². The minimum absolute atomic E-state index is 0.105. The molecule has 0 saturated heterocycles. The summed E-state index contributed by atoms with van der Waals surface area (Å²) >= 11 is 0. The smallest absolute Gasteiger partial charge is 0.329 e. The lowest BCUT2D eigenvalue weighted by atomic mass is 10.1. The van der Waals surface area contributed by atoms with Crippen LogP contribution in [0.25, 0.3) is 0 Å². The monoisotopic (exact) mass is 424 g/mol. The zero-order valence-electron chi connectivity index (χ0n) is 18.2. The SMILES string of the molecule is CC[C@H](C)NC(=O)C(=O)N/N=C\c1ccccc1OCC(=O)Nc1ccc(C)cc1C. The molecule has 0 saturated carbocycles. The molecule has 8 heteroatoms. The molecule has 1 atom stereocenters. The fourth-order valence-electron chi connectivity index (χ4n) is 2.60. The van der Waals surface area contributed by atoms with E-state index >= 15 is 0 Å². The number of aryl methyl sites for hydroxylation is 2. The molecule has 0 aliphatic heterocycles. The molecule has 8 nitrogen and oxygen atoms in total. The van der Waals surface area contributed by atoms with Crippen LogP contribution >= 0.6 is 0 Å². The second-order valence-corrected chi connectivity index (χ2v) is 7.17. The lowest BCUT2D eigenvalue weighted by molar-refractivity contribution is -0.139. The Hall–Kier alpha value is -3.68. The highest BCUT2D eigenvalue weighted by molar-refractivity contribution is 6.35.